The fourth-order valence-electron chi connectivity index (χ4n) is 3.19. The molecular formula is C17H20ClN5O2S2. The van der Waals surface area contributed by atoms with Crippen LogP contribution in [-0.2, 0) is 23.0 Å². The molecule has 10 heteroatoms. The minimum atomic E-state index is -3.82. The van der Waals surface area contributed by atoms with Gasteiger partial charge in [-0.2, -0.15) is 8.42 Å². The molecule has 0 fully saturated rings. The van der Waals surface area contributed by atoms with Crippen molar-refractivity contribution in [3.63, 3.8) is 0 Å². The van der Waals surface area contributed by atoms with Crippen LogP contribution in [0.2, 0.25) is 5.15 Å². The van der Waals surface area contributed by atoms with E-state index in [2.05, 4.69) is 19.6 Å². The molecule has 0 saturated heterocycles. The second-order valence-electron chi connectivity index (χ2n) is 6.72. The van der Waals surface area contributed by atoms with Gasteiger partial charge in [-0.15, -0.1) is 0 Å². The van der Waals surface area contributed by atoms with Gasteiger partial charge in [-0.25, -0.2) is 4.98 Å². The lowest BCUT2D eigenvalue weighted by molar-refractivity contribution is 0.414. The molecule has 0 radical (unpaired) electrons. The second kappa shape index (κ2) is 7.05. The Morgan fingerprint density at radius 3 is 3.00 bits per heavy atom. The Balaban J connectivity index is 1.62. The van der Waals surface area contributed by atoms with Gasteiger partial charge in [-0.05, 0) is 38.2 Å². The van der Waals surface area contributed by atoms with Gasteiger partial charge < -0.3 is 14.5 Å². The SMILES string of the molecule is CN(C)CCc1c[nH]c2cc(NS(=O)(=O)c3c(Cl)nc4n3CCS4)ccc12. The average Bonchev–Trinajstić information content (AvgIpc) is 3.25. The van der Waals surface area contributed by atoms with Gasteiger partial charge in [-0.1, -0.05) is 29.4 Å². The number of sulfonamides is 1. The maximum absolute atomic E-state index is 12.9. The van der Waals surface area contributed by atoms with E-state index in [1.54, 1.807) is 16.7 Å². The minimum absolute atomic E-state index is 0.0108. The van der Waals surface area contributed by atoms with Crippen LogP contribution in [0, 0.1) is 0 Å². The number of thioether (sulfide) groups is 1. The van der Waals surface area contributed by atoms with Gasteiger partial charge in [-0.3, -0.25) is 4.72 Å². The van der Waals surface area contributed by atoms with E-state index >= 15 is 0 Å². The van der Waals surface area contributed by atoms with Crippen LogP contribution in [0.1, 0.15) is 5.56 Å². The van der Waals surface area contributed by atoms with Crippen LogP contribution in [0.25, 0.3) is 10.9 Å². The van der Waals surface area contributed by atoms with Crippen LogP contribution in [-0.4, -0.2) is 54.2 Å². The van der Waals surface area contributed by atoms with Crippen LogP contribution in [0.3, 0.4) is 0 Å². The van der Waals surface area contributed by atoms with E-state index in [0.717, 1.165) is 29.6 Å². The molecule has 2 aromatic heterocycles. The first-order chi connectivity index (χ1) is 12.8. The second-order valence-corrected chi connectivity index (χ2v) is 9.74. The lowest BCUT2D eigenvalue weighted by atomic mass is 10.1. The maximum atomic E-state index is 12.9. The molecule has 0 saturated carbocycles. The summed E-state index contributed by atoms with van der Waals surface area (Å²) in [6.07, 6.45) is 2.90. The lowest BCUT2D eigenvalue weighted by Gasteiger charge is -2.10. The first kappa shape index (κ1) is 18.7. The van der Waals surface area contributed by atoms with E-state index in [9.17, 15) is 8.42 Å². The summed E-state index contributed by atoms with van der Waals surface area (Å²) in [5, 5.41) is 1.78. The van der Waals surface area contributed by atoms with Gasteiger partial charge in [0.2, 0.25) is 0 Å². The number of anilines is 1. The number of hydrogen-bond donors (Lipinski definition) is 2. The Kier molecular flexibility index (Phi) is 4.87. The molecule has 2 N–H and O–H groups in total. The quantitative estimate of drug-likeness (QED) is 0.634. The van der Waals surface area contributed by atoms with E-state index in [1.165, 1.54) is 17.3 Å². The van der Waals surface area contributed by atoms with Crippen molar-refractivity contribution in [1.82, 2.24) is 19.4 Å². The lowest BCUT2D eigenvalue weighted by Crippen LogP contribution is -2.17. The molecule has 144 valence electrons. The van der Waals surface area contributed by atoms with Gasteiger partial charge in [0.15, 0.2) is 15.3 Å². The molecule has 1 aromatic carbocycles. The van der Waals surface area contributed by atoms with E-state index in [1.807, 2.05) is 26.4 Å². The highest BCUT2D eigenvalue weighted by molar-refractivity contribution is 7.99. The monoisotopic (exact) mass is 425 g/mol. The van der Waals surface area contributed by atoms with Crippen LogP contribution in [0.4, 0.5) is 5.69 Å². The molecule has 7 nitrogen and oxygen atoms in total. The van der Waals surface area contributed by atoms with E-state index < -0.39 is 10.0 Å². The fourth-order valence-corrected chi connectivity index (χ4v) is 6.00. The number of aromatic nitrogens is 3. The summed E-state index contributed by atoms with van der Waals surface area (Å²) in [7, 11) is 0.256. The summed E-state index contributed by atoms with van der Waals surface area (Å²) in [5.74, 6) is 0.798. The van der Waals surface area contributed by atoms with E-state index in [0.29, 0.717) is 17.4 Å². The topological polar surface area (TPSA) is 83.0 Å². The molecule has 0 amide bonds. The molecule has 0 atom stereocenters. The van der Waals surface area contributed by atoms with Crippen molar-refractivity contribution in [3.8, 4) is 0 Å². The Bertz CT molecular complexity index is 1100. The molecule has 0 aliphatic carbocycles. The Morgan fingerprint density at radius 1 is 1.41 bits per heavy atom. The molecule has 1 aliphatic rings. The molecule has 0 bridgehead atoms. The molecule has 3 heterocycles. The van der Waals surface area contributed by atoms with Gasteiger partial charge in [0, 0.05) is 35.9 Å². The van der Waals surface area contributed by atoms with Crippen LogP contribution < -0.4 is 4.72 Å². The summed E-state index contributed by atoms with van der Waals surface area (Å²) in [4.78, 5) is 9.51. The first-order valence-electron chi connectivity index (χ1n) is 8.51. The summed E-state index contributed by atoms with van der Waals surface area (Å²) in [5.41, 5.74) is 2.59. The highest BCUT2D eigenvalue weighted by Crippen LogP contribution is 2.34. The Morgan fingerprint density at radius 2 is 2.22 bits per heavy atom. The summed E-state index contributed by atoms with van der Waals surface area (Å²) >= 11 is 7.60. The van der Waals surface area contributed by atoms with Crippen LogP contribution in [0.15, 0.2) is 34.6 Å². The smallest absolute Gasteiger partial charge is 0.280 e. The van der Waals surface area contributed by atoms with Crippen LogP contribution >= 0.6 is 23.4 Å². The number of fused-ring (bicyclic) bond motifs is 2. The van der Waals surface area contributed by atoms with Gasteiger partial charge in [0.1, 0.15) is 0 Å². The number of rotatable bonds is 6. The van der Waals surface area contributed by atoms with Crippen molar-refractivity contribution in [2.45, 2.75) is 23.1 Å². The summed E-state index contributed by atoms with van der Waals surface area (Å²) in [6.45, 7) is 1.53. The third-order valence-electron chi connectivity index (χ3n) is 4.49. The maximum Gasteiger partial charge on any atom is 0.280 e. The summed E-state index contributed by atoms with van der Waals surface area (Å²) < 4.78 is 30.0. The minimum Gasteiger partial charge on any atom is -0.361 e. The predicted octanol–water partition coefficient (Wildman–Crippen LogP) is 3.03. The number of imidazole rings is 1. The van der Waals surface area contributed by atoms with Crippen LogP contribution in [0.5, 0.6) is 0 Å². The van der Waals surface area contributed by atoms with Gasteiger partial charge in [0.05, 0.1) is 5.69 Å². The highest BCUT2D eigenvalue weighted by Gasteiger charge is 2.30. The van der Waals surface area contributed by atoms with E-state index in [-0.39, 0.29) is 10.2 Å². The molecule has 1 aliphatic heterocycles. The fraction of sp³-hybridized carbons (Fsp3) is 0.353. The van der Waals surface area contributed by atoms with Crippen molar-refractivity contribution in [3.05, 3.63) is 35.1 Å². The first-order valence-corrected chi connectivity index (χ1v) is 11.4. The third-order valence-corrected chi connectivity index (χ3v) is 7.25. The molecule has 4 rings (SSSR count). The zero-order chi connectivity index (χ0) is 19.2. The molecule has 27 heavy (non-hydrogen) atoms. The van der Waals surface area contributed by atoms with E-state index in [4.69, 9.17) is 11.6 Å². The number of hydrogen-bond acceptors (Lipinski definition) is 5. The number of likely N-dealkylation sites (N-methyl/N-ethyl adjacent to an activating group) is 1. The van der Waals surface area contributed by atoms with Crippen molar-refractivity contribution >= 4 is 50.0 Å². The molecule has 0 spiro atoms. The number of aromatic amines is 1. The third kappa shape index (κ3) is 3.56. The predicted molar refractivity (Wildman–Crippen MR) is 109 cm³/mol. The van der Waals surface area contributed by atoms with Gasteiger partial charge in [0.25, 0.3) is 10.0 Å². The number of halogens is 1. The number of benzene rings is 1. The molecular weight excluding hydrogens is 406 g/mol. The normalized spacial score (nSPS) is 14.2. The number of H-pyrrole nitrogens is 1. The molecule has 0 unspecified atom stereocenters. The largest absolute Gasteiger partial charge is 0.361 e. The zero-order valence-corrected chi connectivity index (χ0v) is 17.4. The average molecular weight is 426 g/mol. The summed E-state index contributed by atoms with van der Waals surface area (Å²) in [6, 6.07) is 5.51. The Labute approximate surface area is 167 Å². The van der Waals surface area contributed by atoms with Gasteiger partial charge >= 0.3 is 0 Å². The van der Waals surface area contributed by atoms with Crippen molar-refractivity contribution < 1.29 is 8.42 Å². The number of nitrogens with one attached hydrogen (secondary N) is 2. The number of nitrogens with zero attached hydrogens (tertiary/aromatic N) is 3. The van der Waals surface area contributed by atoms with Crippen molar-refractivity contribution in [2.24, 2.45) is 0 Å². The zero-order valence-electron chi connectivity index (χ0n) is 15.0. The molecule has 3 aromatic rings. The standard InChI is InChI=1S/C17H20ClN5O2S2/c1-22(2)6-5-11-10-19-14-9-12(3-4-13(11)14)21-27(24,25)16-15(18)20-17-23(16)7-8-26-17/h3-4,9-10,19,21H,5-8H2,1-2H3. The highest BCUT2D eigenvalue weighted by atomic mass is 35.5. The van der Waals surface area contributed by atoms with Crippen molar-refractivity contribution in [1.29, 1.82) is 0 Å². The van der Waals surface area contributed by atoms with Crippen molar-refractivity contribution in [2.75, 3.05) is 31.1 Å². The Hall–Kier alpha value is -1.68.